The van der Waals surface area contributed by atoms with Gasteiger partial charge in [-0.1, -0.05) is 29.8 Å². The van der Waals surface area contributed by atoms with Gasteiger partial charge in [-0.25, -0.2) is 9.97 Å². The van der Waals surface area contributed by atoms with Crippen LogP contribution in [0.1, 0.15) is 28.2 Å². The number of aromatic nitrogens is 2. The molecule has 150 valence electrons. The lowest BCUT2D eigenvalue weighted by Crippen LogP contribution is -2.59. The molecule has 1 atom stereocenters. The second-order valence-corrected chi connectivity index (χ2v) is 7.44. The summed E-state index contributed by atoms with van der Waals surface area (Å²) in [5.74, 6) is -0.281. The van der Waals surface area contributed by atoms with Crippen LogP contribution in [-0.4, -0.2) is 74.6 Å². The molecule has 4 rings (SSSR count). The van der Waals surface area contributed by atoms with Gasteiger partial charge in [0.05, 0.1) is 0 Å². The Morgan fingerprint density at radius 1 is 1.10 bits per heavy atom. The zero-order chi connectivity index (χ0) is 20.4. The van der Waals surface area contributed by atoms with E-state index in [-0.39, 0.29) is 30.1 Å². The van der Waals surface area contributed by atoms with E-state index in [1.165, 1.54) is 12.4 Å². The predicted octanol–water partition coefficient (Wildman–Crippen LogP) is 0.871. The van der Waals surface area contributed by atoms with Crippen molar-refractivity contribution in [2.75, 3.05) is 26.2 Å². The van der Waals surface area contributed by atoms with E-state index in [0.29, 0.717) is 32.6 Å². The first-order chi connectivity index (χ1) is 14.0. The molecule has 0 saturated carbocycles. The molecule has 0 radical (unpaired) electrons. The van der Waals surface area contributed by atoms with Gasteiger partial charge >= 0.3 is 0 Å². The SMILES string of the molecule is Cc1cccc(CN2CC(=O)N3CCN(C(=O)c4ncccn4)CCC3C2=O)c1. The van der Waals surface area contributed by atoms with Crippen molar-refractivity contribution in [2.45, 2.75) is 25.9 Å². The molecule has 29 heavy (non-hydrogen) atoms. The molecular formula is C21H23N5O3. The summed E-state index contributed by atoms with van der Waals surface area (Å²) in [4.78, 5) is 51.4. The number of hydrogen-bond donors (Lipinski definition) is 0. The van der Waals surface area contributed by atoms with Gasteiger partial charge in [-0.2, -0.15) is 0 Å². The Balaban J connectivity index is 1.48. The Morgan fingerprint density at radius 2 is 1.90 bits per heavy atom. The molecule has 0 aliphatic carbocycles. The van der Waals surface area contributed by atoms with Gasteiger partial charge in [0.15, 0.2) is 0 Å². The van der Waals surface area contributed by atoms with Crippen molar-refractivity contribution < 1.29 is 14.4 Å². The van der Waals surface area contributed by atoms with E-state index >= 15 is 0 Å². The molecular weight excluding hydrogens is 370 g/mol. The molecule has 2 aromatic rings. The number of piperazine rings is 1. The van der Waals surface area contributed by atoms with Gasteiger partial charge in [0, 0.05) is 38.6 Å². The highest BCUT2D eigenvalue weighted by molar-refractivity contribution is 5.95. The monoisotopic (exact) mass is 393 g/mol. The van der Waals surface area contributed by atoms with Crippen LogP contribution in [-0.2, 0) is 16.1 Å². The standard InChI is InChI=1S/C21H23N5O3/c1-15-4-2-5-16(12-15)13-25-14-18(27)26-11-10-24(9-6-17(26)20(25)28)21(29)19-22-7-3-8-23-19/h2-5,7-8,12,17H,6,9-11,13-14H2,1H3. The summed E-state index contributed by atoms with van der Waals surface area (Å²) in [6.45, 7) is 3.57. The van der Waals surface area contributed by atoms with E-state index < -0.39 is 6.04 Å². The van der Waals surface area contributed by atoms with E-state index in [2.05, 4.69) is 9.97 Å². The molecule has 0 spiro atoms. The average Bonchev–Trinajstić information content (AvgIpc) is 2.96. The Hall–Kier alpha value is -3.29. The number of rotatable bonds is 3. The number of fused-ring (bicyclic) bond motifs is 1. The van der Waals surface area contributed by atoms with Crippen LogP contribution in [0.5, 0.6) is 0 Å². The largest absolute Gasteiger partial charge is 0.334 e. The molecule has 2 aliphatic rings. The van der Waals surface area contributed by atoms with Crippen LogP contribution in [0.4, 0.5) is 0 Å². The minimum absolute atomic E-state index is 0.0589. The summed E-state index contributed by atoms with van der Waals surface area (Å²) in [5, 5.41) is 0. The molecule has 2 fully saturated rings. The van der Waals surface area contributed by atoms with Crippen molar-refractivity contribution in [2.24, 2.45) is 0 Å². The summed E-state index contributed by atoms with van der Waals surface area (Å²) in [6, 6.07) is 9.06. The molecule has 2 saturated heterocycles. The van der Waals surface area contributed by atoms with E-state index in [0.717, 1.165) is 11.1 Å². The summed E-state index contributed by atoms with van der Waals surface area (Å²) < 4.78 is 0. The maximum Gasteiger partial charge on any atom is 0.291 e. The van der Waals surface area contributed by atoms with Gasteiger partial charge in [-0.05, 0) is 25.0 Å². The fourth-order valence-corrected chi connectivity index (χ4v) is 3.95. The van der Waals surface area contributed by atoms with E-state index in [9.17, 15) is 14.4 Å². The molecule has 1 aromatic heterocycles. The molecule has 1 aromatic carbocycles. The van der Waals surface area contributed by atoms with Crippen molar-refractivity contribution in [1.82, 2.24) is 24.7 Å². The zero-order valence-corrected chi connectivity index (χ0v) is 16.3. The highest BCUT2D eigenvalue weighted by Gasteiger charge is 2.41. The number of aryl methyl sites for hydroxylation is 1. The van der Waals surface area contributed by atoms with Crippen molar-refractivity contribution in [3.05, 3.63) is 59.7 Å². The normalized spacial score (nSPS) is 19.8. The lowest BCUT2D eigenvalue weighted by atomic mass is 10.1. The summed E-state index contributed by atoms with van der Waals surface area (Å²) >= 11 is 0. The van der Waals surface area contributed by atoms with Crippen LogP contribution < -0.4 is 0 Å². The molecule has 1 unspecified atom stereocenters. The Labute approximate surface area is 169 Å². The van der Waals surface area contributed by atoms with Gasteiger partial charge in [0.1, 0.15) is 12.6 Å². The van der Waals surface area contributed by atoms with Crippen LogP contribution in [0, 0.1) is 6.92 Å². The number of nitrogens with zero attached hydrogens (tertiary/aromatic N) is 5. The highest BCUT2D eigenvalue weighted by atomic mass is 16.2. The van der Waals surface area contributed by atoms with Gasteiger partial charge in [0.25, 0.3) is 5.91 Å². The number of amides is 3. The fourth-order valence-electron chi connectivity index (χ4n) is 3.95. The Morgan fingerprint density at radius 3 is 2.66 bits per heavy atom. The number of carbonyl (C=O) groups excluding carboxylic acids is 3. The van der Waals surface area contributed by atoms with Crippen molar-refractivity contribution in [1.29, 1.82) is 0 Å². The van der Waals surface area contributed by atoms with Crippen LogP contribution in [0.2, 0.25) is 0 Å². The molecule has 0 N–H and O–H groups in total. The molecule has 3 heterocycles. The lowest BCUT2D eigenvalue weighted by Gasteiger charge is -2.39. The maximum atomic E-state index is 13.1. The summed E-state index contributed by atoms with van der Waals surface area (Å²) in [6.07, 6.45) is 3.46. The summed E-state index contributed by atoms with van der Waals surface area (Å²) in [7, 11) is 0. The molecule has 0 bridgehead atoms. The molecule has 8 heteroatoms. The van der Waals surface area contributed by atoms with Gasteiger partial charge in [0.2, 0.25) is 17.6 Å². The van der Waals surface area contributed by atoms with Crippen molar-refractivity contribution >= 4 is 17.7 Å². The number of hydrogen-bond acceptors (Lipinski definition) is 5. The fraction of sp³-hybridized carbons (Fsp3) is 0.381. The third-order valence-corrected chi connectivity index (χ3v) is 5.40. The predicted molar refractivity (Wildman–Crippen MR) is 105 cm³/mol. The van der Waals surface area contributed by atoms with Crippen LogP contribution in [0.25, 0.3) is 0 Å². The van der Waals surface area contributed by atoms with Crippen molar-refractivity contribution in [3.8, 4) is 0 Å². The number of benzene rings is 1. The smallest absolute Gasteiger partial charge is 0.291 e. The second kappa shape index (κ2) is 7.98. The number of carbonyl (C=O) groups is 3. The molecule has 3 amide bonds. The van der Waals surface area contributed by atoms with Gasteiger partial charge < -0.3 is 14.7 Å². The summed E-state index contributed by atoms with van der Waals surface area (Å²) in [5.41, 5.74) is 2.12. The quantitative estimate of drug-likeness (QED) is 0.772. The van der Waals surface area contributed by atoms with E-state index in [1.807, 2.05) is 31.2 Å². The van der Waals surface area contributed by atoms with Crippen LogP contribution in [0.15, 0.2) is 42.7 Å². The average molecular weight is 393 g/mol. The van der Waals surface area contributed by atoms with Crippen LogP contribution in [0.3, 0.4) is 0 Å². The Bertz CT molecular complexity index is 933. The maximum absolute atomic E-state index is 13.1. The highest BCUT2D eigenvalue weighted by Crippen LogP contribution is 2.21. The Kier molecular flexibility index (Phi) is 5.24. The van der Waals surface area contributed by atoms with Crippen molar-refractivity contribution in [3.63, 3.8) is 0 Å². The molecule has 2 aliphatic heterocycles. The first-order valence-electron chi connectivity index (χ1n) is 9.73. The second-order valence-electron chi connectivity index (χ2n) is 7.44. The van der Waals surface area contributed by atoms with Crippen LogP contribution >= 0.6 is 0 Å². The molecule has 8 nitrogen and oxygen atoms in total. The zero-order valence-electron chi connectivity index (χ0n) is 16.3. The van der Waals surface area contributed by atoms with E-state index in [1.54, 1.807) is 20.8 Å². The van der Waals surface area contributed by atoms with E-state index in [4.69, 9.17) is 0 Å². The third-order valence-electron chi connectivity index (χ3n) is 5.40. The third kappa shape index (κ3) is 3.96. The van der Waals surface area contributed by atoms with Gasteiger partial charge in [-0.3, -0.25) is 14.4 Å². The first kappa shape index (κ1) is 19.0. The topological polar surface area (TPSA) is 86.7 Å². The first-order valence-corrected chi connectivity index (χ1v) is 9.73. The van der Waals surface area contributed by atoms with Gasteiger partial charge in [-0.15, -0.1) is 0 Å². The minimum atomic E-state index is -0.532. The minimum Gasteiger partial charge on any atom is -0.334 e. The lowest BCUT2D eigenvalue weighted by molar-refractivity contribution is -0.156.